The van der Waals surface area contributed by atoms with Gasteiger partial charge in [0.2, 0.25) is 0 Å². The average molecular weight is 287 g/mol. The molecular weight excluding hydrogens is 252 g/mol. The summed E-state index contributed by atoms with van der Waals surface area (Å²) in [6, 6.07) is 0. The Balaban J connectivity index is 1.64. The van der Waals surface area contributed by atoms with Crippen LogP contribution in [-0.4, -0.2) is 0 Å². The Morgan fingerprint density at radius 1 is 0.952 bits per heavy atom. The van der Waals surface area contributed by atoms with Crippen LogP contribution in [0.15, 0.2) is 12.2 Å². The molecule has 0 spiro atoms. The Labute approximate surface area is 131 Å². The van der Waals surface area contributed by atoms with Crippen molar-refractivity contribution < 1.29 is 0 Å². The van der Waals surface area contributed by atoms with Crippen molar-refractivity contribution in [3.8, 4) is 0 Å². The standard InChI is InChI=1S/C21H34/c1-14-9-11-21(4)16(13-14)6-7-17-18-8-5-15(2)20(18,3)12-10-19(17)21/h14,16-19H,2,5-13H2,1,3-4H3/t14-,16-,17-,18-,19-,20+,21-/m0/s1. The molecule has 4 rings (SSSR count). The van der Waals surface area contributed by atoms with Crippen LogP contribution in [0.25, 0.3) is 0 Å². The zero-order valence-electron chi connectivity index (χ0n) is 14.5. The van der Waals surface area contributed by atoms with E-state index in [1.54, 1.807) is 5.57 Å². The van der Waals surface area contributed by atoms with Crippen LogP contribution in [0.1, 0.15) is 78.6 Å². The van der Waals surface area contributed by atoms with Gasteiger partial charge < -0.3 is 0 Å². The quantitative estimate of drug-likeness (QED) is 0.464. The fraction of sp³-hybridized carbons (Fsp3) is 0.905. The molecule has 0 heteroatoms. The molecule has 0 aromatic rings. The Kier molecular flexibility index (Phi) is 3.15. The summed E-state index contributed by atoms with van der Waals surface area (Å²) in [5, 5.41) is 0. The largest absolute Gasteiger partial charge is 0.0993 e. The molecule has 0 bridgehead atoms. The maximum atomic E-state index is 4.46. The van der Waals surface area contributed by atoms with E-state index < -0.39 is 0 Å². The summed E-state index contributed by atoms with van der Waals surface area (Å²) in [6.07, 6.45) is 13.3. The average Bonchev–Trinajstić information content (AvgIpc) is 2.76. The lowest BCUT2D eigenvalue weighted by atomic mass is 9.44. The fourth-order valence-electron chi connectivity index (χ4n) is 7.38. The third kappa shape index (κ3) is 1.86. The van der Waals surface area contributed by atoms with Crippen LogP contribution in [0.3, 0.4) is 0 Å². The van der Waals surface area contributed by atoms with Crippen LogP contribution in [-0.2, 0) is 0 Å². The molecule has 0 saturated heterocycles. The summed E-state index contributed by atoms with van der Waals surface area (Å²) in [7, 11) is 0. The van der Waals surface area contributed by atoms with Crippen LogP contribution in [0, 0.1) is 40.4 Å². The normalized spacial score (nSPS) is 56.5. The molecule has 4 fully saturated rings. The molecule has 0 radical (unpaired) electrons. The zero-order chi connectivity index (χ0) is 14.8. The van der Waals surface area contributed by atoms with Crippen LogP contribution < -0.4 is 0 Å². The van der Waals surface area contributed by atoms with Gasteiger partial charge in [-0.05, 0) is 91.8 Å². The van der Waals surface area contributed by atoms with Crippen molar-refractivity contribution in [3.63, 3.8) is 0 Å². The molecular formula is C21H34. The highest BCUT2D eigenvalue weighted by molar-refractivity contribution is 5.21. The molecule has 4 aliphatic carbocycles. The number of hydrogen-bond acceptors (Lipinski definition) is 0. The third-order valence-corrected chi connectivity index (χ3v) is 8.88. The molecule has 4 aliphatic rings. The highest BCUT2D eigenvalue weighted by Gasteiger charge is 2.58. The van der Waals surface area contributed by atoms with Gasteiger partial charge in [0, 0.05) is 0 Å². The topological polar surface area (TPSA) is 0 Å². The molecule has 4 saturated carbocycles. The molecule has 0 aliphatic heterocycles. The van der Waals surface area contributed by atoms with Gasteiger partial charge >= 0.3 is 0 Å². The SMILES string of the molecule is C=C1CC[C@H]2[C@@H]3CC[C@H]4C[C@@H](C)CC[C@]4(C)[C@H]3CC[C@]12C. The second-order valence-corrected chi connectivity index (χ2v) is 9.63. The van der Waals surface area contributed by atoms with Gasteiger partial charge in [0.1, 0.15) is 0 Å². The Bertz CT molecular complexity index is 449. The summed E-state index contributed by atoms with van der Waals surface area (Å²) in [5.41, 5.74) is 2.78. The summed E-state index contributed by atoms with van der Waals surface area (Å²) in [5.74, 6) is 5.06. The van der Waals surface area contributed by atoms with Crippen molar-refractivity contribution >= 4 is 0 Å². The van der Waals surface area contributed by atoms with E-state index in [-0.39, 0.29) is 0 Å². The van der Waals surface area contributed by atoms with E-state index in [1.807, 2.05) is 0 Å². The lowest BCUT2D eigenvalue weighted by Crippen LogP contribution is -2.52. The maximum Gasteiger partial charge on any atom is -0.00879 e. The first kappa shape index (κ1) is 14.3. The minimum absolute atomic E-state index is 0.506. The van der Waals surface area contributed by atoms with Crippen molar-refractivity contribution in [1.82, 2.24) is 0 Å². The second-order valence-electron chi connectivity index (χ2n) is 9.63. The number of fused-ring (bicyclic) bond motifs is 5. The van der Waals surface area contributed by atoms with E-state index >= 15 is 0 Å². The first-order valence-corrected chi connectivity index (χ1v) is 9.63. The van der Waals surface area contributed by atoms with E-state index in [9.17, 15) is 0 Å². The van der Waals surface area contributed by atoms with Crippen LogP contribution >= 0.6 is 0 Å². The number of allylic oxidation sites excluding steroid dienone is 1. The van der Waals surface area contributed by atoms with E-state index in [0.717, 1.165) is 29.6 Å². The van der Waals surface area contributed by atoms with Gasteiger partial charge in [-0.2, -0.15) is 0 Å². The summed E-state index contributed by atoms with van der Waals surface area (Å²) in [4.78, 5) is 0. The molecule has 118 valence electrons. The van der Waals surface area contributed by atoms with Gasteiger partial charge in [0.15, 0.2) is 0 Å². The number of hydrogen-bond donors (Lipinski definition) is 0. The molecule has 0 aromatic carbocycles. The van der Waals surface area contributed by atoms with Crippen LogP contribution in [0.2, 0.25) is 0 Å². The Hall–Kier alpha value is -0.260. The van der Waals surface area contributed by atoms with Gasteiger partial charge in [0.25, 0.3) is 0 Å². The summed E-state index contributed by atoms with van der Waals surface area (Å²) >= 11 is 0. The number of rotatable bonds is 0. The minimum atomic E-state index is 0.506. The van der Waals surface area contributed by atoms with Gasteiger partial charge in [-0.1, -0.05) is 39.3 Å². The van der Waals surface area contributed by atoms with Gasteiger partial charge in [-0.25, -0.2) is 0 Å². The summed E-state index contributed by atoms with van der Waals surface area (Å²) in [6.45, 7) is 12.2. The zero-order valence-corrected chi connectivity index (χ0v) is 14.5. The highest BCUT2D eigenvalue weighted by Crippen LogP contribution is 2.67. The smallest absolute Gasteiger partial charge is 0.00879 e. The lowest BCUT2D eigenvalue weighted by molar-refractivity contribution is -0.104. The molecule has 21 heavy (non-hydrogen) atoms. The predicted octanol–water partition coefficient (Wildman–Crippen LogP) is 6.22. The van der Waals surface area contributed by atoms with Gasteiger partial charge in [0.05, 0.1) is 0 Å². The second kappa shape index (κ2) is 4.62. The molecule has 0 N–H and O–H groups in total. The van der Waals surface area contributed by atoms with Crippen LogP contribution in [0.4, 0.5) is 0 Å². The first-order chi connectivity index (χ1) is 9.95. The Morgan fingerprint density at radius 2 is 1.76 bits per heavy atom. The lowest BCUT2D eigenvalue weighted by Gasteiger charge is -2.60. The monoisotopic (exact) mass is 286 g/mol. The Morgan fingerprint density at radius 3 is 2.57 bits per heavy atom. The molecule has 0 aromatic heterocycles. The van der Waals surface area contributed by atoms with Crippen molar-refractivity contribution in [2.75, 3.05) is 0 Å². The van der Waals surface area contributed by atoms with Crippen molar-refractivity contribution in [3.05, 3.63) is 12.2 Å². The molecule has 0 unspecified atom stereocenters. The van der Waals surface area contributed by atoms with E-state index in [4.69, 9.17) is 0 Å². The highest BCUT2D eigenvalue weighted by atomic mass is 14.6. The fourth-order valence-corrected chi connectivity index (χ4v) is 7.38. The third-order valence-electron chi connectivity index (χ3n) is 8.88. The minimum Gasteiger partial charge on any atom is -0.0993 e. The molecule has 0 heterocycles. The summed E-state index contributed by atoms with van der Waals surface area (Å²) < 4.78 is 0. The van der Waals surface area contributed by atoms with E-state index in [2.05, 4.69) is 27.4 Å². The predicted molar refractivity (Wildman–Crippen MR) is 90.0 cm³/mol. The van der Waals surface area contributed by atoms with Crippen molar-refractivity contribution in [2.24, 2.45) is 40.4 Å². The first-order valence-electron chi connectivity index (χ1n) is 9.63. The van der Waals surface area contributed by atoms with Crippen molar-refractivity contribution in [2.45, 2.75) is 78.6 Å². The van der Waals surface area contributed by atoms with Crippen LogP contribution in [0.5, 0.6) is 0 Å². The van der Waals surface area contributed by atoms with E-state index in [0.29, 0.717) is 10.8 Å². The molecule has 7 atom stereocenters. The molecule has 0 nitrogen and oxygen atoms in total. The molecule has 0 amide bonds. The maximum absolute atomic E-state index is 4.46. The van der Waals surface area contributed by atoms with Crippen molar-refractivity contribution in [1.29, 1.82) is 0 Å². The van der Waals surface area contributed by atoms with E-state index in [1.165, 1.54) is 57.8 Å². The van der Waals surface area contributed by atoms with Gasteiger partial charge in [-0.15, -0.1) is 0 Å². The van der Waals surface area contributed by atoms with Gasteiger partial charge in [-0.3, -0.25) is 0 Å².